The largest absolute Gasteiger partial charge is 0.378 e. The summed E-state index contributed by atoms with van der Waals surface area (Å²) in [5.41, 5.74) is -0.324. The van der Waals surface area contributed by atoms with Gasteiger partial charge in [0, 0.05) is 25.4 Å². The SMILES string of the molecule is O=c1ccc(S(=O)(=O)NCCCOC2CCCCC2)c[nH]1. The standard InChI is InChI=1S/C14H22N2O4S/c17-14-8-7-13(11-15-14)21(18,19)16-9-4-10-20-12-5-2-1-3-6-12/h7-8,11-12,16H,1-6,9-10H2,(H,15,17). The van der Waals surface area contributed by atoms with Gasteiger partial charge < -0.3 is 9.72 Å². The lowest BCUT2D eigenvalue weighted by Gasteiger charge is -2.21. The van der Waals surface area contributed by atoms with Crippen molar-refractivity contribution in [2.75, 3.05) is 13.2 Å². The number of rotatable bonds is 7. The first kappa shape index (κ1) is 16.2. The van der Waals surface area contributed by atoms with E-state index in [0.717, 1.165) is 12.8 Å². The zero-order chi connectivity index (χ0) is 15.1. The highest BCUT2D eigenvalue weighted by Crippen LogP contribution is 2.20. The Kier molecular flexibility index (Phi) is 5.96. The topological polar surface area (TPSA) is 88.3 Å². The Labute approximate surface area is 125 Å². The van der Waals surface area contributed by atoms with E-state index in [9.17, 15) is 13.2 Å². The fourth-order valence-corrected chi connectivity index (χ4v) is 3.45. The van der Waals surface area contributed by atoms with E-state index in [0.29, 0.717) is 25.7 Å². The molecule has 1 fully saturated rings. The van der Waals surface area contributed by atoms with Gasteiger partial charge in [-0.1, -0.05) is 19.3 Å². The molecule has 2 rings (SSSR count). The summed E-state index contributed by atoms with van der Waals surface area (Å²) < 4.78 is 32.1. The van der Waals surface area contributed by atoms with Crippen molar-refractivity contribution in [2.45, 2.75) is 49.5 Å². The smallest absolute Gasteiger partial charge is 0.247 e. The summed E-state index contributed by atoms with van der Waals surface area (Å²) in [7, 11) is -3.56. The molecule has 0 atom stereocenters. The summed E-state index contributed by atoms with van der Waals surface area (Å²) in [6.45, 7) is 0.896. The average molecular weight is 314 g/mol. The van der Waals surface area contributed by atoms with Crippen molar-refractivity contribution in [1.29, 1.82) is 0 Å². The highest BCUT2D eigenvalue weighted by molar-refractivity contribution is 7.89. The lowest BCUT2D eigenvalue weighted by molar-refractivity contribution is 0.0278. The predicted octanol–water partition coefficient (Wildman–Crippen LogP) is 1.39. The van der Waals surface area contributed by atoms with E-state index in [4.69, 9.17) is 4.74 Å². The van der Waals surface area contributed by atoms with Crippen LogP contribution in [0, 0.1) is 0 Å². The molecule has 21 heavy (non-hydrogen) atoms. The first-order valence-electron chi connectivity index (χ1n) is 7.38. The van der Waals surface area contributed by atoms with Crippen LogP contribution in [0.5, 0.6) is 0 Å². The highest BCUT2D eigenvalue weighted by atomic mass is 32.2. The molecular weight excluding hydrogens is 292 g/mol. The third-order valence-corrected chi connectivity index (χ3v) is 5.04. The second-order valence-electron chi connectivity index (χ2n) is 5.27. The number of ether oxygens (including phenoxy) is 1. The van der Waals surface area contributed by atoms with Crippen molar-refractivity contribution < 1.29 is 13.2 Å². The molecule has 0 amide bonds. The van der Waals surface area contributed by atoms with Gasteiger partial charge in [-0.3, -0.25) is 4.79 Å². The molecule has 1 aliphatic carbocycles. The van der Waals surface area contributed by atoms with E-state index >= 15 is 0 Å². The minimum absolute atomic E-state index is 0.0651. The van der Waals surface area contributed by atoms with Gasteiger partial charge in [0.25, 0.3) is 0 Å². The number of aromatic amines is 1. The van der Waals surface area contributed by atoms with Crippen LogP contribution in [0.3, 0.4) is 0 Å². The summed E-state index contributed by atoms with van der Waals surface area (Å²) in [4.78, 5) is 13.3. The van der Waals surface area contributed by atoms with Gasteiger partial charge in [0.1, 0.15) is 0 Å². The van der Waals surface area contributed by atoms with Crippen molar-refractivity contribution in [3.05, 3.63) is 28.7 Å². The Bertz CT molecular complexity index is 571. The number of hydrogen-bond donors (Lipinski definition) is 2. The number of aromatic nitrogens is 1. The molecule has 1 aromatic heterocycles. The fourth-order valence-electron chi connectivity index (χ4n) is 2.41. The molecule has 6 nitrogen and oxygen atoms in total. The lowest BCUT2D eigenvalue weighted by Crippen LogP contribution is -2.27. The van der Waals surface area contributed by atoms with E-state index in [1.54, 1.807) is 0 Å². The summed E-state index contributed by atoms with van der Waals surface area (Å²) in [5, 5.41) is 0. The molecule has 0 unspecified atom stereocenters. The van der Waals surface area contributed by atoms with Gasteiger partial charge in [0.2, 0.25) is 15.6 Å². The molecule has 0 bridgehead atoms. The van der Waals surface area contributed by atoms with Crippen molar-refractivity contribution in [1.82, 2.24) is 9.71 Å². The molecule has 0 aromatic carbocycles. The Morgan fingerprint density at radius 1 is 1.24 bits per heavy atom. The van der Waals surface area contributed by atoms with Gasteiger partial charge in [0.15, 0.2) is 0 Å². The van der Waals surface area contributed by atoms with Crippen LogP contribution in [-0.2, 0) is 14.8 Å². The Hall–Kier alpha value is -1.18. The number of hydrogen-bond acceptors (Lipinski definition) is 4. The maximum absolute atomic E-state index is 11.9. The fraction of sp³-hybridized carbons (Fsp3) is 0.643. The van der Waals surface area contributed by atoms with Crippen molar-refractivity contribution >= 4 is 10.0 Å². The highest BCUT2D eigenvalue weighted by Gasteiger charge is 2.15. The maximum atomic E-state index is 11.9. The van der Waals surface area contributed by atoms with Crippen LogP contribution in [0.4, 0.5) is 0 Å². The quantitative estimate of drug-likeness (QED) is 0.745. The van der Waals surface area contributed by atoms with Crippen molar-refractivity contribution in [3.8, 4) is 0 Å². The van der Waals surface area contributed by atoms with E-state index in [-0.39, 0.29) is 10.5 Å². The molecule has 0 spiro atoms. The first-order chi connectivity index (χ1) is 10.1. The Morgan fingerprint density at radius 2 is 2.00 bits per heavy atom. The van der Waals surface area contributed by atoms with E-state index in [1.807, 2.05) is 0 Å². The summed E-state index contributed by atoms with van der Waals surface area (Å²) in [6, 6.07) is 2.49. The molecule has 7 heteroatoms. The van der Waals surface area contributed by atoms with Gasteiger partial charge in [-0.05, 0) is 25.3 Å². The van der Waals surface area contributed by atoms with Crippen LogP contribution in [0.1, 0.15) is 38.5 Å². The minimum atomic E-state index is -3.56. The molecule has 0 radical (unpaired) electrons. The molecule has 0 saturated heterocycles. The predicted molar refractivity (Wildman–Crippen MR) is 79.7 cm³/mol. The van der Waals surface area contributed by atoms with Gasteiger partial charge in [-0.15, -0.1) is 0 Å². The zero-order valence-corrected chi connectivity index (χ0v) is 12.8. The Balaban J connectivity index is 1.69. The summed E-state index contributed by atoms with van der Waals surface area (Å²) >= 11 is 0. The van der Waals surface area contributed by atoms with Crippen LogP contribution in [0.2, 0.25) is 0 Å². The molecule has 1 saturated carbocycles. The summed E-state index contributed by atoms with van der Waals surface area (Å²) in [6.07, 6.45) is 8.15. The average Bonchev–Trinajstić information content (AvgIpc) is 2.48. The number of H-pyrrole nitrogens is 1. The monoisotopic (exact) mass is 314 g/mol. The van der Waals surface area contributed by atoms with Gasteiger partial charge in [-0.2, -0.15) is 0 Å². The van der Waals surface area contributed by atoms with Crippen LogP contribution >= 0.6 is 0 Å². The van der Waals surface area contributed by atoms with Crippen LogP contribution in [0.15, 0.2) is 28.0 Å². The van der Waals surface area contributed by atoms with Gasteiger partial charge >= 0.3 is 0 Å². The number of pyridine rings is 1. The molecule has 1 aliphatic rings. The van der Waals surface area contributed by atoms with Crippen molar-refractivity contribution in [2.24, 2.45) is 0 Å². The second kappa shape index (κ2) is 7.72. The van der Waals surface area contributed by atoms with E-state index in [2.05, 4.69) is 9.71 Å². The zero-order valence-electron chi connectivity index (χ0n) is 12.0. The van der Waals surface area contributed by atoms with Crippen LogP contribution in [-0.4, -0.2) is 32.7 Å². The molecule has 1 aromatic rings. The number of nitrogens with one attached hydrogen (secondary N) is 2. The van der Waals surface area contributed by atoms with E-state index in [1.165, 1.54) is 37.6 Å². The van der Waals surface area contributed by atoms with Gasteiger partial charge in [-0.25, -0.2) is 13.1 Å². The molecular formula is C14H22N2O4S. The molecule has 1 heterocycles. The van der Waals surface area contributed by atoms with Crippen LogP contribution < -0.4 is 10.3 Å². The molecule has 118 valence electrons. The molecule has 2 N–H and O–H groups in total. The minimum Gasteiger partial charge on any atom is -0.378 e. The normalized spacial score (nSPS) is 17.0. The third kappa shape index (κ3) is 5.26. The first-order valence-corrected chi connectivity index (χ1v) is 8.86. The van der Waals surface area contributed by atoms with Gasteiger partial charge in [0.05, 0.1) is 11.0 Å². The molecule has 0 aliphatic heterocycles. The summed E-state index contributed by atoms with van der Waals surface area (Å²) in [5.74, 6) is 0. The second-order valence-corrected chi connectivity index (χ2v) is 7.04. The lowest BCUT2D eigenvalue weighted by atomic mass is 9.98. The van der Waals surface area contributed by atoms with Crippen LogP contribution in [0.25, 0.3) is 0 Å². The van der Waals surface area contributed by atoms with Crippen molar-refractivity contribution in [3.63, 3.8) is 0 Å². The maximum Gasteiger partial charge on any atom is 0.247 e. The Morgan fingerprint density at radius 3 is 2.67 bits per heavy atom. The van der Waals surface area contributed by atoms with E-state index < -0.39 is 10.0 Å². The number of sulfonamides is 1. The third-order valence-electron chi connectivity index (χ3n) is 3.58.